The number of amides is 2. The first-order valence-corrected chi connectivity index (χ1v) is 4.86. The summed E-state index contributed by atoms with van der Waals surface area (Å²) in [5.74, 6) is -0.391. The van der Waals surface area contributed by atoms with Crippen molar-refractivity contribution < 1.29 is 9.59 Å². The maximum Gasteiger partial charge on any atom is 0.239 e. The van der Waals surface area contributed by atoms with Crippen LogP contribution in [0.25, 0.3) is 0 Å². The SMILES string of the molecule is C[C@@H](N)C(=O)N1CCC(C(N)=O)CC1. The summed E-state index contributed by atoms with van der Waals surface area (Å²) in [6, 6.07) is -0.458. The molecule has 0 bridgehead atoms. The van der Waals surface area contributed by atoms with E-state index in [-0.39, 0.29) is 17.7 Å². The normalized spacial score (nSPS) is 20.6. The molecule has 80 valence electrons. The van der Waals surface area contributed by atoms with Crippen LogP contribution in [0.5, 0.6) is 0 Å². The standard InChI is InChI=1S/C9H17N3O2/c1-6(10)9(14)12-4-2-7(3-5-12)8(11)13/h6-7H,2-5,10H2,1H3,(H2,11,13)/t6-/m1/s1. The zero-order valence-electron chi connectivity index (χ0n) is 8.40. The van der Waals surface area contributed by atoms with Gasteiger partial charge in [-0.1, -0.05) is 0 Å². The third-order valence-corrected chi connectivity index (χ3v) is 2.60. The van der Waals surface area contributed by atoms with Crippen LogP contribution in [-0.4, -0.2) is 35.8 Å². The Morgan fingerprint density at radius 2 is 1.86 bits per heavy atom. The van der Waals surface area contributed by atoms with Crippen molar-refractivity contribution in [1.82, 2.24) is 4.90 Å². The Morgan fingerprint density at radius 1 is 1.36 bits per heavy atom. The maximum absolute atomic E-state index is 11.5. The zero-order valence-corrected chi connectivity index (χ0v) is 8.40. The summed E-state index contributed by atoms with van der Waals surface area (Å²) in [7, 11) is 0. The highest BCUT2D eigenvalue weighted by Gasteiger charge is 2.26. The summed E-state index contributed by atoms with van der Waals surface area (Å²) in [6.07, 6.45) is 1.32. The van der Waals surface area contributed by atoms with E-state index in [4.69, 9.17) is 11.5 Å². The number of rotatable bonds is 2. The molecule has 0 aliphatic carbocycles. The molecule has 0 aromatic carbocycles. The monoisotopic (exact) mass is 199 g/mol. The lowest BCUT2D eigenvalue weighted by Crippen LogP contribution is -2.47. The van der Waals surface area contributed by atoms with Gasteiger partial charge in [0.2, 0.25) is 11.8 Å². The molecule has 0 aromatic heterocycles. The molecular formula is C9H17N3O2. The molecule has 1 rings (SSSR count). The van der Waals surface area contributed by atoms with E-state index >= 15 is 0 Å². The molecule has 5 nitrogen and oxygen atoms in total. The highest BCUT2D eigenvalue weighted by Crippen LogP contribution is 2.16. The minimum Gasteiger partial charge on any atom is -0.369 e. The van der Waals surface area contributed by atoms with Gasteiger partial charge >= 0.3 is 0 Å². The number of primary amides is 1. The van der Waals surface area contributed by atoms with Gasteiger partial charge in [0.1, 0.15) is 0 Å². The van der Waals surface area contributed by atoms with E-state index in [1.807, 2.05) is 0 Å². The molecule has 1 saturated heterocycles. The van der Waals surface area contributed by atoms with Crippen LogP contribution in [0.1, 0.15) is 19.8 Å². The first-order chi connectivity index (χ1) is 6.52. The van der Waals surface area contributed by atoms with Crippen molar-refractivity contribution in [2.75, 3.05) is 13.1 Å². The molecule has 0 aromatic rings. The number of carbonyl (C=O) groups excluding carboxylic acids is 2. The Morgan fingerprint density at radius 3 is 2.21 bits per heavy atom. The van der Waals surface area contributed by atoms with Gasteiger partial charge in [0, 0.05) is 19.0 Å². The summed E-state index contributed by atoms with van der Waals surface area (Å²) < 4.78 is 0. The van der Waals surface area contributed by atoms with Gasteiger partial charge in [0.25, 0.3) is 0 Å². The maximum atomic E-state index is 11.5. The summed E-state index contributed by atoms with van der Waals surface area (Å²) in [6.45, 7) is 2.85. The molecule has 0 radical (unpaired) electrons. The number of hydrogen-bond donors (Lipinski definition) is 2. The largest absolute Gasteiger partial charge is 0.369 e. The number of nitrogens with zero attached hydrogens (tertiary/aromatic N) is 1. The van der Waals surface area contributed by atoms with E-state index in [1.54, 1.807) is 11.8 Å². The number of hydrogen-bond acceptors (Lipinski definition) is 3. The van der Waals surface area contributed by atoms with E-state index in [0.717, 1.165) is 0 Å². The van der Waals surface area contributed by atoms with E-state index in [2.05, 4.69) is 0 Å². The van der Waals surface area contributed by atoms with Crippen molar-refractivity contribution in [2.24, 2.45) is 17.4 Å². The lowest BCUT2D eigenvalue weighted by molar-refractivity contribution is -0.135. The first-order valence-electron chi connectivity index (χ1n) is 4.86. The minimum absolute atomic E-state index is 0.0482. The molecule has 1 aliphatic rings. The van der Waals surface area contributed by atoms with Gasteiger partial charge in [-0.3, -0.25) is 9.59 Å². The molecule has 4 N–H and O–H groups in total. The lowest BCUT2D eigenvalue weighted by Gasteiger charge is -2.31. The smallest absolute Gasteiger partial charge is 0.239 e. The van der Waals surface area contributed by atoms with Gasteiger partial charge in [-0.15, -0.1) is 0 Å². The predicted molar refractivity (Wildman–Crippen MR) is 52.1 cm³/mol. The second-order valence-electron chi connectivity index (χ2n) is 3.79. The van der Waals surface area contributed by atoms with Gasteiger partial charge in [0.05, 0.1) is 6.04 Å². The molecule has 14 heavy (non-hydrogen) atoms. The van der Waals surface area contributed by atoms with Crippen LogP contribution in [0.4, 0.5) is 0 Å². The molecule has 1 atom stereocenters. The highest BCUT2D eigenvalue weighted by atomic mass is 16.2. The predicted octanol–water partition coefficient (Wildman–Crippen LogP) is -0.942. The third-order valence-electron chi connectivity index (χ3n) is 2.60. The lowest BCUT2D eigenvalue weighted by atomic mass is 9.96. The summed E-state index contributed by atoms with van der Waals surface area (Å²) >= 11 is 0. The van der Waals surface area contributed by atoms with Crippen molar-refractivity contribution in [3.8, 4) is 0 Å². The topological polar surface area (TPSA) is 89.4 Å². The van der Waals surface area contributed by atoms with Crippen molar-refractivity contribution in [3.05, 3.63) is 0 Å². The quantitative estimate of drug-likeness (QED) is 0.601. The van der Waals surface area contributed by atoms with E-state index in [9.17, 15) is 9.59 Å². The Labute approximate surface area is 83.4 Å². The Kier molecular flexibility index (Phi) is 3.46. The molecule has 1 fully saturated rings. The summed E-state index contributed by atoms with van der Waals surface area (Å²) in [5, 5.41) is 0. The fourth-order valence-electron chi connectivity index (χ4n) is 1.67. The van der Waals surface area contributed by atoms with Crippen molar-refractivity contribution in [2.45, 2.75) is 25.8 Å². The highest BCUT2D eigenvalue weighted by molar-refractivity contribution is 5.82. The minimum atomic E-state index is -0.458. The molecule has 2 amide bonds. The van der Waals surface area contributed by atoms with Crippen molar-refractivity contribution in [3.63, 3.8) is 0 Å². The average Bonchev–Trinajstić information content (AvgIpc) is 2.16. The second kappa shape index (κ2) is 4.41. The van der Waals surface area contributed by atoms with Crippen LogP contribution in [0, 0.1) is 5.92 Å². The van der Waals surface area contributed by atoms with Crippen molar-refractivity contribution >= 4 is 11.8 Å². The fraction of sp³-hybridized carbons (Fsp3) is 0.778. The first kappa shape index (κ1) is 11.0. The van der Waals surface area contributed by atoms with Crippen LogP contribution in [0.3, 0.4) is 0 Å². The van der Waals surface area contributed by atoms with Crippen LogP contribution in [-0.2, 0) is 9.59 Å². The van der Waals surface area contributed by atoms with Gasteiger partial charge in [-0.25, -0.2) is 0 Å². The fourth-order valence-corrected chi connectivity index (χ4v) is 1.67. The van der Waals surface area contributed by atoms with E-state index in [0.29, 0.717) is 25.9 Å². The molecule has 1 aliphatic heterocycles. The Bertz CT molecular complexity index is 232. The number of likely N-dealkylation sites (tertiary alicyclic amines) is 1. The third kappa shape index (κ3) is 2.45. The number of piperidine rings is 1. The Balaban J connectivity index is 2.43. The van der Waals surface area contributed by atoms with Gasteiger partial charge in [-0.2, -0.15) is 0 Å². The molecule has 0 unspecified atom stereocenters. The van der Waals surface area contributed by atoms with E-state index in [1.165, 1.54) is 0 Å². The van der Waals surface area contributed by atoms with Crippen LogP contribution >= 0.6 is 0 Å². The molecular weight excluding hydrogens is 182 g/mol. The molecule has 5 heteroatoms. The molecule has 0 spiro atoms. The zero-order chi connectivity index (χ0) is 10.7. The molecule has 0 saturated carbocycles. The van der Waals surface area contributed by atoms with Gasteiger partial charge in [0.15, 0.2) is 0 Å². The van der Waals surface area contributed by atoms with Crippen LogP contribution in [0.15, 0.2) is 0 Å². The number of carbonyl (C=O) groups is 2. The second-order valence-corrected chi connectivity index (χ2v) is 3.79. The van der Waals surface area contributed by atoms with Gasteiger partial charge < -0.3 is 16.4 Å². The van der Waals surface area contributed by atoms with Crippen LogP contribution in [0.2, 0.25) is 0 Å². The van der Waals surface area contributed by atoms with Gasteiger partial charge in [-0.05, 0) is 19.8 Å². The summed E-state index contributed by atoms with van der Waals surface area (Å²) in [4.78, 5) is 24.0. The average molecular weight is 199 g/mol. The van der Waals surface area contributed by atoms with Crippen molar-refractivity contribution in [1.29, 1.82) is 0 Å². The molecule has 1 heterocycles. The van der Waals surface area contributed by atoms with E-state index < -0.39 is 6.04 Å². The summed E-state index contributed by atoms with van der Waals surface area (Å²) in [5.41, 5.74) is 10.7. The number of nitrogens with two attached hydrogens (primary N) is 2. The van der Waals surface area contributed by atoms with Crippen LogP contribution < -0.4 is 11.5 Å². The Hall–Kier alpha value is -1.10.